The number of nitrogens with one attached hydrogen (secondary N) is 1. The van der Waals surface area contributed by atoms with E-state index in [1.807, 2.05) is 37.3 Å². The fourth-order valence-electron chi connectivity index (χ4n) is 2.49. The first-order valence-corrected chi connectivity index (χ1v) is 9.67. The molecule has 0 aliphatic rings. The SMILES string of the molecule is CCCNC(=O)c1c(N=Cc2ccc(COc3cccc(Br)c3)o2)cnn1C. The highest BCUT2D eigenvalue weighted by Crippen LogP contribution is 2.20. The van der Waals surface area contributed by atoms with Crippen molar-refractivity contribution in [2.24, 2.45) is 12.0 Å². The average Bonchev–Trinajstić information content (AvgIpc) is 3.29. The van der Waals surface area contributed by atoms with Gasteiger partial charge >= 0.3 is 0 Å². The molecule has 0 unspecified atom stereocenters. The summed E-state index contributed by atoms with van der Waals surface area (Å²) in [6.45, 7) is 2.91. The third kappa shape index (κ3) is 5.10. The molecule has 1 amide bonds. The standard InChI is InChI=1S/C20H21BrN4O3/c1-3-9-22-20(26)19-18(12-24-25(19)2)23-11-16-7-8-17(28-16)13-27-15-6-4-5-14(21)10-15/h4-8,10-12H,3,9,13H2,1-2H3,(H,22,26). The molecule has 28 heavy (non-hydrogen) atoms. The maximum absolute atomic E-state index is 12.3. The van der Waals surface area contributed by atoms with Crippen LogP contribution < -0.4 is 10.1 Å². The molecule has 146 valence electrons. The van der Waals surface area contributed by atoms with Crippen molar-refractivity contribution < 1.29 is 13.9 Å². The first kappa shape index (κ1) is 19.9. The Morgan fingerprint density at radius 1 is 1.39 bits per heavy atom. The van der Waals surface area contributed by atoms with Gasteiger partial charge in [-0.1, -0.05) is 28.9 Å². The van der Waals surface area contributed by atoms with Crippen molar-refractivity contribution in [1.29, 1.82) is 0 Å². The lowest BCUT2D eigenvalue weighted by molar-refractivity contribution is 0.0945. The van der Waals surface area contributed by atoms with Gasteiger partial charge in [-0.25, -0.2) is 4.99 Å². The maximum Gasteiger partial charge on any atom is 0.271 e. The number of benzene rings is 1. The minimum atomic E-state index is -0.198. The summed E-state index contributed by atoms with van der Waals surface area (Å²) in [5.74, 6) is 1.79. The number of carbonyl (C=O) groups is 1. The summed E-state index contributed by atoms with van der Waals surface area (Å²) in [7, 11) is 1.71. The van der Waals surface area contributed by atoms with Gasteiger partial charge in [0.05, 0.1) is 12.4 Å². The van der Waals surface area contributed by atoms with Gasteiger partial charge < -0.3 is 14.5 Å². The molecule has 0 saturated heterocycles. The number of furan rings is 1. The summed E-state index contributed by atoms with van der Waals surface area (Å²) in [5.41, 5.74) is 0.897. The molecular weight excluding hydrogens is 424 g/mol. The second-order valence-electron chi connectivity index (χ2n) is 6.07. The molecule has 2 aromatic heterocycles. The molecule has 8 heteroatoms. The summed E-state index contributed by atoms with van der Waals surface area (Å²) >= 11 is 3.41. The first-order chi connectivity index (χ1) is 13.6. The monoisotopic (exact) mass is 444 g/mol. The van der Waals surface area contributed by atoms with Crippen LogP contribution in [0.15, 0.2) is 56.5 Å². The van der Waals surface area contributed by atoms with Gasteiger partial charge in [0.1, 0.15) is 29.6 Å². The summed E-state index contributed by atoms with van der Waals surface area (Å²) in [6.07, 6.45) is 3.98. The Morgan fingerprint density at radius 3 is 3.04 bits per heavy atom. The Hall–Kier alpha value is -2.87. The second-order valence-corrected chi connectivity index (χ2v) is 6.98. The van der Waals surface area contributed by atoms with Crippen LogP contribution in [0.5, 0.6) is 5.75 Å². The summed E-state index contributed by atoms with van der Waals surface area (Å²) in [6, 6.07) is 11.2. The van der Waals surface area contributed by atoms with Gasteiger partial charge in [0.25, 0.3) is 5.91 Å². The summed E-state index contributed by atoms with van der Waals surface area (Å²) in [4.78, 5) is 16.6. The van der Waals surface area contributed by atoms with Gasteiger partial charge in [0.2, 0.25) is 0 Å². The van der Waals surface area contributed by atoms with E-state index in [1.54, 1.807) is 25.5 Å². The number of ether oxygens (including phenoxy) is 1. The average molecular weight is 445 g/mol. The Balaban J connectivity index is 1.65. The van der Waals surface area contributed by atoms with Gasteiger partial charge in [-0.2, -0.15) is 5.10 Å². The molecule has 1 N–H and O–H groups in total. The lowest BCUT2D eigenvalue weighted by Gasteiger charge is -2.04. The third-order valence-corrected chi connectivity index (χ3v) is 4.35. The normalized spacial score (nSPS) is 11.1. The van der Waals surface area contributed by atoms with E-state index in [4.69, 9.17) is 9.15 Å². The quantitative estimate of drug-likeness (QED) is 0.526. The minimum absolute atomic E-state index is 0.198. The van der Waals surface area contributed by atoms with Crippen molar-refractivity contribution in [3.05, 3.63) is 64.3 Å². The summed E-state index contributed by atoms with van der Waals surface area (Å²) in [5, 5.41) is 6.96. The first-order valence-electron chi connectivity index (χ1n) is 8.88. The zero-order valence-corrected chi connectivity index (χ0v) is 17.3. The van der Waals surface area contributed by atoms with Crippen molar-refractivity contribution in [1.82, 2.24) is 15.1 Å². The van der Waals surface area contributed by atoms with Crippen LogP contribution in [-0.4, -0.2) is 28.4 Å². The number of aromatic nitrogens is 2. The Kier molecular flexibility index (Phi) is 6.65. The predicted octanol–water partition coefficient (Wildman–Crippen LogP) is 4.25. The van der Waals surface area contributed by atoms with Crippen molar-refractivity contribution in [2.45, 2.75) is 20.0 Å². The van der Waals surface area contributed by atoms with Gasteiger partial charge in [-0.05, 0) is 36.8 Å². The fourth-order valence-corrected chi connectivity index (χ4v) is 2.87. The van der Waals surface area contributed by atoms with Gasteiger partial charge in [-0.3, -0.25) is 9.48 Å². The van der Waals surface area contributed by atoms with E-state index in [1.165, 1.54) is 4.68 Å². The van der Waals surface area contributed by atoms with E-state index in [0.29, 0.717) is 36.1 Å². The molecule has 0 bridgehead atoms. The Labute approximate surface area is 171 Å². The number of aryl methyl sites for hydroxylation is 1. The fraction of sp³-hybridized carbons (Fsp3) is 0.250. The van der Waals surface area contributed by atoms with E-state index >= 15 is 0 Å². The molecule has 0 radical (unpaired) electrons. The number of halogens is 1. The number of carbonyl (C=O) groups excluding carboxylic acids is 1. The van der Waals surface area contributed by atoms with Crippen molar-refractivity contribution in [2.75, 3.05) is 6.54 Å². The number of amides is 1. The van der Waals surface area contributed by atoms with Crippen LogP contribution in [0.4, 0.5) is 5.69 Å². The highest BCUT2D eigenvalue weighted by molar-refractivity contribution is 9.10. The van der Waals surface area contributed by atoms with Crippen LogP contribution in [0.3, 0.4) is 0 Å². The van der Waals surface area contributed by atoms with Crippen LogP contribution in [0.2, 0.25) is 0 Å². The molecule has 0 atom stereocenters. The number of rotatable bonds is 8. The lowest BCUT2D eigenvalue weighted by atomic mass is 10.3. The maximum atomic E-state index is 12.3. The van der Waals surface area contributed by atoms with Crippen LogP contribution in [0.25, 0.3) is 0 Å². The van der Waals surface area contributed by atoms with Crippen molar-refractivity contribution in [3.63, 3.8) is 0 Å². The molecule has 7 nitrogen and oxygen atoms in total. The van der Waals surface area contributed by atoms with Crippen LogP contribution >= 0.6 is 15.9 Å². The molecular formula is C20H21BrN4O3. The number of hydrogen-bond acceptors (Lipinski definition) is 5. The van der Waals surface area contributed by atoms with Gasteiger partial charge in [0, 0.05) is 18.1 Å². The molecule has 2 heterocycles. The van der Waals surface area contributed by atoms with Gasteiger partial charge in [-0.15, -0.1) is 0 Å². The van der Waals surface area contributed by atoms with E-state index in [-0.39, 0.29) is 5.91 Å². The van der Waals surface area contributed by atoms with Gasteiger partial charge in [0.15, 0.2) is 5.69 Å². The Bertz CT molecular complexity index is 977. The molecule has 0 saturated carbocycles. The van der Waals surface area contributed by atoms with E-state index in [2.05, 4.69) is 31.3 Å². The smallest absolute Gasteiger partial charge is 0.271 e. The van der Waals surface area contributed by atoms with Crippen LogP contribution in [0, 0.1) is 0 Å². The molecule has 0 spiro atoms. The van der Waals surface area contributed by atoms with Crippen LogP contribution in [0.1, 0.15) is 35.4 Å². The lowest BCUT2D eigenvalue weighted by Crippen LogP contribution is -2.26. The van der Waals surface area contributed by atoms with Crippen LogP contribution in [-0.2, 0) is 13.7 Å². The van der Waals surface area contributed by atoms with E-state index in [0.717, 1.165) is 16.6 Å². The predicted molar refractivity (Wildman–Crippen MR) is 110 cm³/mol. The van der Waals surface area contributed by atoms with Crippen molar-refractivity contribution >= 4 is 33.7 Å². The molecule has 3 aromatic rings. The highest BCUT2D eigenvalue weighted by atomic mass is 79.9. The second kappa shape index (κ2) is 9.36. The zero-order chi connectivity index (χ0) is 19.9. The summed E-state index contributed by atoms with van der Waals surface area (Å²) < 4.78 is 13.9. The molecule has 3 rings (SSSR count). The minimum Gasteiger partial charge on any atom is -0.486 e. The number of aliphatic imine (C=N–C) groups is 1. The third-order valence-electron chi connectivity index (χ3n) is 3.86. The molecule has 0 aliphatic heterocycles. The van der Waals surface area contributed by atoms with E-state index in [9.17, 15) is 4.79 Å². The Morgan fingerprint density at radius 2 is 2.25 bits per heavy atom. The number of nitrogens with zero attached hydrogens (tertiary/aromatic N) is 3. The molecule has 1 aromatic carbocycles. The largest absolute Gasteiger partial charge is 0.486 e. The molecule has 0 fully saturated rings. The van der Waals surface area contributed by atoms with Crippen molar-refractivity contribution in [3.8, 4) is 5.75 Å². The molecule has 0 aliphatic carbocycles. The number of hydrogen-bond donors (Lipinski definition) is 1. The van der Waals surface area contributed by atoms with E-state index < -0.39 is 0 Å². The highest BCUT2D eigenvalue weighted by Gasteiger charge is 2.15. The topological polar surface area (TPSA) is 81.7 Å². The zero-order valence-electron chi connectivity index (χ0n) is 15.7.